The summed E-state index contributed by atoms with van der Waals surface area (Å²) in [6.45, 7) is 4.99. The Kier molecular flexibility index (Phi) is 3.68. The van der Waals surface area contributed by atoms with E-state index in [1.54, 1.807) is 10.8 Å². The third-order valence-corrected chi connectivity index (χ3v) is 5.53. The second-order valence-corrected chi connectivity index (χ2v) is 7.10. The predicted molar refractivity (Wildman–Crippen MR) is 92.0 cm³/mol. The van der Waals surface area contributed by atoms with Crippen LogP contribution in [0.1, 0.15) is 25.8 Å². The van der Waals surface area contributed by atoms with Gasteiger partial charge in [-0.15, -0.1) is 0 Å². The standard InChI is InChI=1S/C19H22N2O3/c1-14(17(22)20-12-19(13-20)7-10-24-11-8-19)21-9-6-15-4-2-3-5-16(15)18(21)23/h2-6,9,14H,7-8,10-13H2,1H3. The monoisotopic (exact) mass is 326 g/mol. The lowest BCUT2D eigenvalue weighted by atomic mass is 9.73. The van der Waals surface area contributed by atoms with Crippen LogP contribution in [0.4, 0.5) is 0 Å². The Labute approximate surface area is 140 Å². The molecular formula is C19H22N2O3. The van der Waals surface area contributed by atoms with Gasteiger partial charge in [-0.3, -0.25) is 9.59 Å². The van der Waals surface area contributed by atoms with Crippen molar-refractivity contribution < 1.29 is 9.53 Å². The van der Waals surface area contributed by atoms with Gasteiger partial charge in [-0.05, 0) is 37.3 Å². The van der Waals surface area contributed by atoms with E-state index in [1.807, 2.05) is 42.2 Å². The predicted octanol–water partition coefficient (Wildman–Crippen LogP) is 2.20. The number of hydrogen-bond acceptors (Lipinski definition) is 3. The maximum Gasteiger partial charge on any atom is 0.259 e. The van der Waals surface area contributed by atoms with Crippen LogP contribution in [0, 0.1) is 5.41 Å². The molecular weight excluding hydrogens is 304 g/mol. The van der Waals surface area contributed by atoms with Gasteiger partial charge < -0.3 is 14.2 Å². The van der Waals surface area contributed by atoms with Crippen LogP contribution in [0.15, 0.2) is 41.3 Å². The topological polar surface area (TPSA) is 51.5 Å². The van der Waals surface area contributed by atoms with Crippen molar-refractivity contribution in [1.29, 1.82) is 0 Å². The van der Waals surface area contributed by atoms with Crippen molar-refractivity contribution in [3.8, 4) is 0 Å². The second-order valence-electron chi connectivity index (χ2n) is 7.10. The third kappa shape index (κ3) is 2.44. The fourth-order valence-electron chi connectivity index (χ4n) is 3.93. The van der Waals surface area contributed by atoms with Gasteiger partial charge in [0.15, 0.2) is 0 Å². The lowest BCUT2D eigenvalue weighted by Gasteiger charge is -2.52. The average Bonchev–Trinajstić information content (AvgIpc) is 2.60. The molecule has 2 saturated heterocycles. The molecule has 2 aliphatic rings. The van der Waals surface area contributed by atoms with Gasteiger partial charge in [-0.2, -0.15) is 0 Å². The molecule has 1 unspecified atom stereocenters. The molecule has 0 radical (unpaired) electrons. The van der Waals surface area contributed by atoms with E-state index in [1.165, 1.54) is 0 Å². The molecule has 5 nitrogen and oxygen atoms in total. The van der Waals surface area contributed by atoms with E-state index in [4.69, 9.17) is 4.74 Å². The Morgan fingerprint density at radius 2 is 1.88 bits per heavy atom. The van der Waals surface area contributed by atoms with E-state index in [-0.39, 0.29) is 16.9 Å². The van der Waals surface area contributed by atoms with Gasteiger partial charge in [0, 0.05) is 43.3 Å². The molecule has 2 fully saturated rings. The molecule has 2 aromatic rings. The first kappa shape index (κ1) is 15.4. The first-order chi connectivity index (χ1) is 11.6. The molecule has 1 amide bonds. The largest absolute Gasteiger partial charge is 0.381 e. The molecule has 3 heterocycles. The lowest BCUT2D eigenvalue weighted by Crippen LogP contribution is -2.61. The summed E-state index contributed by atoms with van der Waals surface area (Å²) in [6.07, 6.45) is 3.79. The number of ether oxygens (including phenoxy) is 1. The van der Waals surface area contributed by atoms with Crippen molar-refractivity contribution in [1.82, 2.24) is 9.47 Å². The summed E-state index contributed by atoms with van der Waals surface area (Å²) in [5.74, 6) is 0.0319. The van der Waals surface area contributed by atoms with Gasteiger partial charge in [0.25, 0.3) is 5.56 Å². The summed E-state index contributed by atoms with van der Waals surface area (Å²) in [7, 11) is 0. The number of fused-ring (bicyclic) bond motifs is 1. The Hall–Kier alpha value is -2.14. The van der Waals surface area contributed by atoms with Gasteiger partial charge in [-0.25, -0.2) is 0 Å². The van der Waals surface area contributed by atoms with Crippen molar-refractivity contribution in [3.05, 3.63) is 46.9 Å². The molecule has 0 saturated carbocycles. The molecule has 0 aliphatic carbocycles. The maximum atomic E-state index is 12.8. The number of amides is 1. The minimum Gasteiger partial charge on any atom is -0.381 e. The Morgan fingerprint density at radius 3 is 2.62 bits per heavy atom. The van der Waals surface area contributed by atoms with Crippen molar-refractivity contribution >= 4 is 16.7 Å². The fraction of sp³-hybridized carbons (Fsp3) is 0.474. The van der Waals surface area contributed by atoms with E-state index < -0.39 is 6.04 Å². The van der Waals surface area contributed by atoms with Crippen LogP contribution in [0.3, 0.4) is 0 Å². The first-order valence-electron chi connectivity index (χ1n) is 8.56. The molecule has 0 bridgehead atoms. The maximum absolute atomic E-state index is 12.8. The van der Waals surface area contributed by atoms with Gasteiger partial charge in [-0.1, -0.05) is 18.2 Å². The second kappa shape index (κ2) is 5.74. The SMILES string of the molecule is CC(C(=O)N1CC2(CCOCC2)C1)n1ccc2ccccc2c1=O. The highest BCUT2D eigenvalue weighted by Gasteiger charge is 2.46. The Morgan fingerprint density at radius 1 is 1.17 bits per heavy atom. The van der Waals surface area contributed by atoms with Crippen LogP contribution in [0.2, 0.25) is 0 Å². The molecule has 126 valence electrons. The van der Waals surface area contributed by atoms with E-state index in [2.05, 4.69) is 0 Å². The quantitative estimate of drug-likeness (QED) is 0.850. The number of aromatic nitrogens is 1. The summed E-state index contributed by atoms with van der Waals surface area (Å²) in [6, 6.07) is 8.92. The first-order valence-corrected chi connectivity index (χ1v) is 8.56. The molecule has 0 N–H and O–H groups in total. The van der Waals surface area contributed by atoms with Gasteiger partial charge >= 0.3 is 0 Å². The van der Waals surface area contributed by atoms with Crippen molar-refractivity contribution in [2.75, 3.05) is 26.3 Å². The van der Waals surface area contributed by atoms with Gasteiger partial charge in [0.2, 0.25) is 5.91 Å². The Balaban J connectivity index is 1.54. The van der Waals surface area contributed by atoms with Crippen LogP contribution in [-0.2, 0) is 9.53 Å². The number of likely N-dealkylation sites (tertiary alicyclic amines) is 1. The molecule has 1 atom stereocenters. The van der Waals surface area contributed by atoms with Gasteiger partial charge in [0.05, 0.1) is 0 Å². The number of benzene rings is 1. The summed E-state index contributed by atoms with van der Waals surface area (Å²) in [4.78, 5) is 27.3. The molecule has 5 heteroatoms. The number of pyridine rings is 1. The number of carbonyl (C=O) groups is 1. The van der Waals surface area contributed by atoms with Crippen molar-refractivity contribution in [2.45, 2.75) is 25.8 Å². The molecule has 4 rings (SSSR count). The van der Waals surface area contributed by atoms with E-state index in [0.29, 0.717) is 5.39 Å². The number of hydrogen-bond donors (Lipinski definition) is 0. The fourth-order valence-corrected chi connectivity index (χ4v) is 3.93. The smallest absolute Gasteiger partial charge is 0.259 e. The zero-order valence-corrected chi connectivity index (χ0v) is 13.9. The molecule has 24 heavy (non-hydrogen) atoms. The average molecular weight is 326 g/mol. The molecule has 1 spiro atoms. The van der Waals surface area contributed by atoms with E-state index in [9.17, 15) is 9.59 Å². The summed E-state index contributed by atoms with van der Waals surface area (Å²) in [5, 5.41) is 1.56. The Bertz CT molecular complexity index is 828. The lowest BCUT2D eigenvalue weighted by molar-refractivity contribution is -0.153. The van der Waals surface area contributed by atoms with Crippen LogP contribution in [0.25, 0.3) is 10.8 Å². The minimum atomic E-state index is -0.473. The van der Waals surface area contributed by atoms with Gasteiger partial charge in [0.1, 0.15) is 6.04 Å². The highest BCUT2D eigenvalue weighted by atomic mass is 16.5. The normalized spacial score (nSPS) is 20.8. The zero-order valence-electron chi connectivity index (χ0n) is 13.9. The summed E-state index contributed by atoms with van der Waals surface area (Å²) >= 11 is 0. The number of carbonyl (C=O) groups excluding carboxylic acids is 1. The summed E-state index contributed by atoms with van der Waals surface area (Å²) in [5.41, 5.74) is 0.150. The molecule has 2 aliphatic heterocycles. The zero-order chi connectivity index (χ0) is 16.7. The van der Waals surface area contributed by atoms with Crippen LogP contribution in [-0.4, -0.2) is 41.7 Å². The highest BCUT2D eigenvalue weighted by molar-refractivity contribution is 5.83. The third-order valence-electron chi connectivity index (χ3n) is 5.53. The minimum absolute atomic E-state index is 0.0319. The van der Waals surface area contributed by atoms with Crippen LogP contribution in [0.5, 0.6) is 0 Å². The van der Waals surface area contributed by atoms with Crippen LogP contribution < -0.4 is 5.56 Å². The van der Waals surface area contributed by atoms with Crippen molar-refractivity contribution in [2.24, 2.45) is 5.41 Å². The van der Waals surface area contributed by atoms with E-state index in [0.717, 1.165) is 44.5 Å². The molecule has 1 aromatic carbocycles. The van der Waals surface area contributed by atoms with Crippen molar-refractivity contribution in [3.63, 3.8) is 0 Å². The van der Waals surface area contributed by atoms with E-state index >= 15 is 0 Å². The van der Waals surface area contributed by atoms with Crippen LogP contribution >= 0.6 is 0 Å². The summed E-state index contributed by atoms with van der Waals surface area (Å²) < 4.78 is 6.98. The highest BCUT2D eigenvalue weighted by Crippen LogP contribution is 2.40. The number of nitrogens with zero attached hydrogens (tertiary/aromatic N) is 2. The molecule has 1 aromatic heterocycles. The number of rotatable bonds is 2.